The van der Waals surface area contributed by atoms with Gasteiger partial charge in [-0.1, -0.05) is 11.3 Å². The quantitative estimate of drug-likeness (QED) is 0.413. The van der Waals surface area contributed by atoms with Gasteiger partial charge in [-0.25, -0.2) is 9.37 Å². The van der Waals surface area contributed by atoms with Gasteiger partial charge in [-0.2, -0.15) is 0 Å². The van der Waals surface area contributed by atoms with Crippen molar-refractivity contribution in [3.05, 3.63) is 48.3 Å². The van der Waals surface area contributed by atoms with Crippen LogP contribution >= 0.6 is 23.1 Å². The zero-order chi connectivity index (χ0) is 21.5. The molecule has 0 saturated heterocycles. The van der Waals surface area contributed by atoms with Crippen LogP contribution in [0.1, 0.15) is 12.8 Å². The third-order valence-corrected chi connectivity index (χ3v) is 6.56. The third-order valence-electron chi connectivity index (χ3n) is 4.50. The lowest BCUT2D eigenvalue weighted by Gasteiger charge is -2.21. The fourth-order valence-corrected chi connectivity index (χ4v) is 4.81. The number of hydrogen-bond acceptors (Lipinski definition) is 6. The van der Waals surface area contributed by atoms with Gasteiger partial charge in [0.2, 0.25) is 5.91 Å². The van der Waals surface area contributed by atoms with E-state index in [1.54, 1.807) is 35.9 Å². The van der Waals surface area contributed by atoms with Crippen molar-refractivity contribution in [3.63, 3.8) is 0 Å². The zero-order valence-corrected chi connectivity index (χ0v) is 19.1. The molecule has 1 amide bonds. The molecule has 0 atom stereocenters. The van der Waals surface area contributed by atoms with Crippen LogP contribution in [0.3, 0.4) is 0 Å². The predicted octanol–water partition coefficient (Wildman–Crippen LogP) is 4.91. The minimum absolute atomic E-state index is 0.0504. The first-order valence-corrected chi connectivity index (χ1v) is 11.5. The maximum Gasteiger partial charge on any atom is 0.229 e. The largest absolute Gasteiger partial charge is 0.497 e. The SMILES string of the molecule is COc1ccc2nc(N(CCCN(C)C)C(=O)CCSc3ccc(F)cc3)sc2c1. The number of carbonyl (C=O) groups is 1. The van der Waals surface area contributed by atoms with Crippen molar-refractivity contribution in [2.75, 3.05) is 44.9 Å². The first-order valence-electron chi connectivity index (χ1n) is 9.74. The summed E-state index contributed by atoms with van der Waals surface area (Å²) in [5, 5.41) is 0.716. The van der Waals surface area contributed by atoms with E-state index >= 15 is 0 Å². The topological polar surface area (TPSA) is 45.7 Å². The van der Waals surface area contributed by atoms with E-state index in [1.807, 2.05) is 32.3 Å². The molecule has 8 heteroatoms. The maximum atomic E-state index is 13.1. The summed E-state index contributed by atoms with van der Waals surface area (Å²) < 4.78 is 19.3. The highest BCUT2D eigenvalue weighted by Crippen LogP contribution is 2.32. The second-order valence-electron chi connectivity index (χ2n) is 7.08. The molecule has 1 aromatic heterocycles. The monoisotopic (exact) mass is 447 g/mol. The Bertz CT molecular complexity index is 976. The van der Waals surface area contributed by atoms with Gasteiger partial charge < -0.3 is 9.64 Å². The molecule has 0 bridgehead atoms. The summed E-state index contributed by atoms with van der Waals surface area (Å²) in [4.78, 5) is 22.6. The molecule has 30 heavy (non-hydrogen) atoms. The minimum Gasteiger partial charge on any atom is -0.497 e. The van der Waals surface area contributed by atoms with Crippen molar-refractivity contribution < 1.29 is 13.9 Å². The van der Waals surface area contributed by atoms with Gasteiger partial charge in [0, 0.05) is 23.6 Å². The molecule has 0 N–H and O–H groups in total. The fourth-order valence-electron chi connectivity index (χ4n) is 2.93. The number of hydrogen-bond donors (Lipinski definition) is 0. The average molecular weight is 448 g/mol. The highest BCUT2D eigenvalue weighted by molar-refractivity contribution is 7.99. The van der Waals surface area contributed by atoms with Crippen molar-refractivity contribution in [1.29, 1.82) is 0 Å². The van der Waals surface area contributed by atoms with Gasteiger partial charge in [0.25, 0.3) is 0 Å². The van der Waals surface area contributed by atoms with E-state index in [0.29, 0.717) is 23.8 Å². The first-order chi connectivity index (χ1) is 14.5. The van der Waals surface area contributed by atoms with Crippen molar-refractivity contribution in [1.82, 2.24) is 9.88 Å². The number of rotatable bonds is 10. The van der Waals surface area contributed by atoms with Gasteiger partial charge in [-0.3, -0.25) is 9.69 Å². The number of nitrogens with zero attached hydrogens (tertiary/aromatic N) is 3. The van der Waals surface area contributed by atoms with Crippen LogP contribution in [0.25, 0.3) is 10.2 Å². The number of halogens is 1. The summed E-state index contributed by atoms with van der Waals surface area (Å²) in [5.74, 6) is 1.20. The van der Waals surface area contributed by atoms with E-state index in [2.05, 4.69) is 9.88 Å². The summed E-state index contributed by atoms with van der Waals surface area (Å²) in [5.41, 5.74) is 0.863. The second kappa shape index (κ2) is 10.7. The number of benzene rings is 2. The van der Waals surface area contributed by atoms with Crippen LogP contribution in [0.2, 0.25) is 0 Å². The molecular weight excluding hydrogens is 421 g/mol. The zero-order valence-electron chi connectivity index (χ0n) is 17.4. The van der Waals surface area contributed by atoms with Gasteiger partial charge in [0.1, 0.15) is 11.6 Å². The Balaban J connectivity index is 1.70. The molecule has 0 aliphatic carbocycles. The first kappa shape index (κ1) is 22.5. The highest BCUT2D eigenvalue weighted by Gasteiger charge is 2.19. The van der Waals surface area contributed by atoms with E-state index in [9.17, 15) is 9.18 Å². The summed E-state index contributed by atoms with van der Waals surface area (Å²) in [6.45, 7) is 1.52. The summed E-state index contributed by atoms with van der Waals surface area (Å²) in [6, 6.07) is 12.1. The number of thiazole rings is 1. The second-order valence-corrected chi connectivity index (χ2v) is 9.26. The van der Waals surface area contributed by atoms with Crippen molar-refractivity contribution in [2.24, 2.45) is 0 Å². The maximum absolute atomic E-state index is 13.1. The van der Waals surface area contributed by atoms with Crippen LogP contribution in [0.5, 0.6) is 5.75 Å². The van der Waals surface area contributed by atoms with E-state index in [1.165, 1.54) is 23.5 Å². The lowest BCUT2D eigenvalue weighted by atomic mass is 10.3. The summed E-state index contributed by atoms with van der Waals surface area (Å²) in [6.07, 6.45) is 1.26. The number of ether oxygens (including phenoxy) is 1. The van der Waals surface area contributed by atoms with Crippen molar-refractivity contribution in [3.8, 4) is 5.75 Å². The molecule has 3 aromatic rings. The van der Waals surface area contributed by atoms with Crippen molar-refractivity contribution >= 4 is 44.4 Å². The minimum atomic E-state index is -0.255. The van der Waals surface area contributed by atoms with Gasteiger partial charge in [0.05, 0.1) is 17.3 Å². The molecule has 5 nitrogen and oxygen atoms in total. The lowest BCUT2D eigenvalue weighted by Crippen LogP contribution is -2.33. The molecule has 160 valence electrons. The standard InChI is InChI=1S/C22H26FN3O2S2/c1-25(2)12-4-13-26(21(27)11-14-29-18-8-5-16(23)6-9-18)22-24-19-10-7-17(28-3)15-20(19)30-22/h5-10,15H,4,11-14H2,1-3H3. The van der Waals surface area contributed by atoms with E-state index in [0.717, 1.165) is 33.8 Å². The smallest absolute Gasteiger partial charge is 0.229 e. The van der Waals surface area contributed by atoms with Gasteiger partial charge in [-0.15, -0.1) is 11.8 Å². The number of aromatic nitrogens is 1. The number of thioether (sulfide) groups is 1. The van der Waals surface area contributed by atoms with Gasteiger partial charge in [0.15, 0.2) is 5.13 Å². The van der Waals surface area contributed by atoms with E-state index in [-0.39, 0.29) is 11.7 Å². The number of fused-ring (bicyclic) bond motifs is 1. The molecule has 0 radical (unpaired) electrons. The molecule has 0 fully saturated rings. The average Bonchev–Trinajstić information content (AvgIpc) is 3.15. The lowest BCUT2D eigenvalue weighted by molar-refractivity contribution is -0.118. The van der Waals surface area contributed by atoms with Gasteiger partial charge >= 0.3 is 0 Å². The molecule has 2 aromatic carbocycles. The third kappa shape index (κ3) is 6.17. The Morgan fingerprint density at radius 3 is 2.63 bits per heavy atom. The normalized spacial score (nSPS) is 11.2. The number of methoxy groups -OCH3 is 1. The van der Waals surface area contributed by atoms with E-state index < -0.39 is 0 Å². The number of amides is 1. The number of anilines is 1. The molecular formula is C22H26FN3O2S2. The molecule has 0 aliphatic rings. The van der Waals surface area contributed by atoms with Crippen molar-refractivity contribution in [2.45, 2.75) is 17.7 Å². The molecule has 0 saturated carbocycles. The molecule has 0 aliphatic heterocycles. The Hall–Kier alpha value is -2.16. The van der Waals surface area contributed by atoms with Crippen LogP contribution in [-0.4, -0.2) is 55.8 Å². The fraction of sp³-hybridized carbons (Fsp3) is 0.364. The van der Waals surface area contributed by atoms with Crippen LogP contribution in [0.15, 0.2) is 47.4 Å². The van der Waals surface area contributed by atoms with Crippen LogP contribution in [0.4, 0.5) is 9.52 Å². The Labute approximate surface area is 184 Å². The van der Waals surface area contributed by atoms with Crippen LogP contribution in [-0.2, 0) is 4.79 Å². The number of carbonyl (C=O) groups excluding carboxylic acids is 1. The van der Waals surface area contributed by atoms with Crippen LogP contribution in [0, 0.1) is 5.82 Å². The Kier molecular flexibility index (Phi) is 8.07. The molecule has 3 rings (SSSR count). The van der Waals surface area contributed by atoms with E-state index in [4.69, 9.17) is 4.74 Å². The van der Waals surface area contributed by atoms with Crippen LogP contribution < -0.4 is 9.64 Å². The highest BCUT2D eigenvalue weighted by atomic mass is 32.2. The predicted molar refractivity (Wildman–Crippen MR) is 123 cm³/mol. The molecule has 0 spiro atoms. The Morgan fingerprint density at radius 2 is 1.93 bits per heavy atom. The molecule has 1 heterocycles. The Morgan fingerprint density at radius 1 is 1.17 bits per heavy atom. The molecule has 0 unspecified atom stereocenters. The summed E-state index contributed by atoms with van der Waals surface area (Å²) >= 11 is 3.06. The summed E-state index contributed by atoms with van der Waals surface area (Å²) in [7, 11) is 5.68. The van der Waals surface area contributed by atoms with Gasteiger partial charge in [-0.05, 0) is 69.5 Å².